The van der Waals surface area contributed by atoms with Crippen LogP contribution in [0, 0.1) is 0 Å². The van der Waals surface area contributed by atoms with E-state index in [9.17, 15) is 0 Å². The molecule has 0 rings (SSSR count). The highest BCUT2D eigenvalue weighted by Crippen LogP contribution is 1.97. The molecule has 0 amide bonds. The van der Waals surface area contributed by atoms with Crippen molar-refractivity contribution < 1.29 is 4.74 Å². The number of rotatable bonds is 5. The van der Waals surface area contributed by atoms with Gasteiger partial charge in [0.2, 0.25) is 5.96 Å². The van der Waals surface area contributed by atoms with E-state index in [-0.39, 0.29) is 0 Å². The molecular weight excluding hydrogens is 180 g/mol. The predicted octanol–water partition coefficient (Wildman–Crippen LogP) is 0.182. The van der Waals surface area contributed by atoms with Crippen LogP contribution in [-0.2, 0) is 4.74 Å². The van der Waals surface area contributed by atoms with Crippen LogP contribution in [0.5, 0.6) is 0 Å². The molecule has 0 unspecified atom stereocenters. The molecule has 0 saturated heterocycles. The summed E-state index contributed by atoms with van der Waals surface area (Å²) >= 11 is 0. The molecule has 0 bridgehead atoms. The number of methoxy groups -OCH3 is 1. The zero-order valence-electron chi connectivity index (χ0n) is 9.58. The number of hydrogen-bond donors (Lipinski definition) is 2. The van der Waals surface area contributed by atoms with Gasteiger partial charge in [-0.2, -0.15) is 0 Å². The summed E-state index contributed by atoms with van der Waals surface area (Å²) in [4.78, 5) is 6.40. The van der Waals surface area contributed by atoms with Crippen LogP contribution >= 0.6 is 0 Å². The molecule has 0 aliphatic rings. The second kappa shape index (κ2) is 7.58. The molecule has 0 atom stereocenters. The third-order valence-corrected chi connectivity index (χ3v) is 1.92. The van der Waals surface area contributed by atoms with Gasteiger partial charge in [0.1, 0.15) is 0 Å². The van der Waals surface area contributed by atoms with Gasteiger partial charge in [0.15, 0.2) is 0 Å². The molecule has 0 aromatic carbocycles. The van der Waals surface area contributed by atoms with E-state index in [2.05, 4.69) is 36.1 Å². The van der Waals surface area contributed by atoms with E-state index in [1.807, 2.05) is 0 Å². The number of nitrogens with zero attached hydrogens (tertiary/aromatic N) is 2. The summed E-state index contributed by atoms with van der Waals surface area (Å²) in [5, 5.41) is 0. The number of guanidine groups is 1. The fraction of sp³-hybridized carbons (Fsp3) is 0.889. The van der Waals surface area contributed by atoms with Crippen molar-refractivity contribution in [2.75, 3.05) is 26.8 Å². The fourth-order valence-electron chi connectivity index (χ4n) is 1.22. The lowest BCUT2D eigenvalue weighted by atomic mass is 10.3. The predicted molar refractivity (Wildman–Crippen MR) is 59.0 cm³/mol. The molecule has 0 heterocycles. The first-order valence-corrected chi connectivity index (χ1v) is 4.94. The largest absolute Gasteiger partial charge is 0.383 e. The van der Waals surface area contributed by atoms with Gasteiger partial charge >= 0.3 is 0 Å². The number of nitrogens with two attached hydrogens (primary N) is 1. The fourth-order valence-corrected chi connectivity index (χ4v) is 1.22. The average Bonchev–Trinajstić information content (AvgIpc) is 2.16. The maximum atomic E-state index is 5.41. The van der Waals surface area contributed by atoms with Gasteiger partial charge in [0, 0.05) is 19.7 Å². The van der Waals surface area contributed by atoms with E-state index in [4.69, 9.17) is 10.6 Å². The van der Waals surface area contributed by atoms with E-state index in [1.54, 1.807) is 7.11 Å². The van der Waals surface area contributed by atoms with Gasteiger partial charge in [-0.05, 0) is 20.8 Å². The molecule has 0 saturated carbocycles. The Bertz CT molecular complexity index is 170. The monoisotopic (exact) mass is 202 g/mol. The normalized spacial score (nSPS) is 12.0. The molecule has 0 aliphatic heterocycles. The minimum Gasteiger partial charge on any atom is -0.383 e. The van der Waals surface area contributed by atoms with Gasteiger partial charge in [0.05, 0.1) is 13.2 Å². The zero-order valence-corrected chi connectivity index (χ0v) is 9.58. The summed E-state index contributed by atoms with van der Waals surface area (Å²) in [5.41, 5.74) is 2.61. The third-order valence-electron chi connectivity index (χ3n) is 1.92. The van der Waals surface area contributed by atoms with E-state index in [1.165, 1.54) is 0 Å². The smallest absolute Gasteiger partial charge is 0.208 e. The van der Waals surface area contributed by atoms with Crippen LogP contribution in [0.1, 0.15) is 20.8 Å². The highest BCUT2D eigenvalue weighted by molar-refractivity contribution is 5.79. The standard InChI is InChI=1S/C9H22N4O/c1-5-13(8(2)3)9(12-10)11-6-7-14-4/h8H,5-7,10H2,1-4H3,(H,11,12). The first-order chi connectivity index (χ1) is 6.67. The Labute approximate surface area is 86.3 Å². The summed E-state index contributed by atoms with van der Waals surface area (Å²) in [7, 11) is 1.66. The van der Waals surface area contributed by atoms with Crippen LogP contribution in [0.2, 0.25) is 0 Å². The van der Waals surface area contributed by atoms with E-state index >= 15 is 0 Å². The van der Waals surface area contributed by atoms with Crippen LogP contribution in [0.25, 0.3) is 0 Å². The Hall–Kier alpha value is -0.810. The van der Waals surface area contributed by atoms with Crippen molar-refractivity contribution in [3.05, 3.63) is 0 Å². The number of ether oxygens (including phenoxy) is 1. The summed E-state index contributed by atoms with van der Waals surface area (Å²) in [6.45, 7) is 8.40. The SMILES string of the molecule is CCN(C(=NCCOC)NN)C(C)C. The summed E-state index contributed by atoms with van der Waals surface area (Å²) in [6, 6.07) is 0.386. The molecule has 0 aliphatic carbocycles. The molecule has 0 fully saturated rings. The Morgan fingerprint density at radius 2 is 2.21 bits per heavy atom. The van der Waals surface area contributed by atoms with Crippen molar-refractivity contribution in [1.29, 1.82) is 0 Å². The lowest BCUT2D eigenvalue weighted by molar-refractivity contribution is 0.207. The number of aliphatic imine (C=N–C) groups is 1. The summed E-state index contributed by atoms with van der Waals surface area (Å²) in [6.07, 6.45) is 0. The van der Waals surface area contributed by atoms with Gasteiger partial charge in [-0.3, -0.25) is 5.43 Å². The quantitative estimate of drug-likeness (QED) is 0.219. The Morgan fingerprint density at radius 3 is 2.57 bits per heavy atom. The average molecular weight is 202 g/mol. The van der Waals surface area contributed by atoms with Gasteiger partial charge in [-0.15, -0.1) is 0 Å². The Kier molecular flexibility index (Phi) is 7.14. The van der Waals surface area contributed by atoms with Crippen molar-refractivity contribution in [3.8, 4) is 0 Å². The maximum absolute atomic E-state index is 5.41. The van der Waals surface area contributed by atoms with Gasteiger partial charge in [-0.1, -0.05) is 0 Å². The van der Waals surface area contributed by atoms with Gasteiger partial charge in [-0.25, -0.2) is 10.8 Å². The molecule has 5 heteroatoms. The van der Waals surface area contributed by atoms with E-state index < -0.39 is 0 Å². The molecule has 0 aromatic rings. The molecule has 0 aromatic heterocycles. The van der Waals surface area contributed by atoms with Crippen LogP contribution in [0.4, 0.5) is 0 Å². The molecule has 0 radical (unpaired) electrons. The number of nitrogens with one attached hydrogen (secondary N) is 1. The van der Waals surface area contributed by atoms with Gasteiger partial charge < -0.3 is 9.64 Å². The van der Waals surface area contributed by atoms with E-state index in [0.29, 0.717) is 19.2 Å². The van der Waals surface area contributed by atoms with Crippen molar-refractivity contribution in [2.24, 2.45) is 10.8 Å². The maximum Gasteiger partial charge on any atom is 0.208 e. The zero-order chi connectivity index (χ0) is 11.0. The number of hydrogen-bond acceptors (Lipinski definition) is 3. The number of hydrazine groups is 1. The highest BCUT2D eigenvalue weighted by Gasteiger charge is 2.10. The third kappa shape index (κ3) is 4.43. The minimum absolute atomic E-state index is 0.386. The summed E-state index contributed by atoms with van der Waals surface area (Å²) < 4.78 is 4.92. The molecular formula is C9H22N4O. The van der Waals surface area contributed by atoms with Gasteiger partial charge in [0.25, 0.3) is 0 Å². The molecule has 5 nitrogen and oxygen atoms in total. The Morgan fingerprint density at radius 1 is 1.57 bits per heavy atom. The van der Waals surface area contributed by atoms with Crippen LogP contribution < -0.4 is 11.3 Å². The van der Waals surface area contributed by atoms with Crippen molar-refractivity contribution in [1.82, 2.24) is 10.3 Å². The van der Waals surface area contributed by atoms with Crippen LogP contribution in [0.3, 0.4) is 0 Å². The van der Waals surface area contributed by atoms with Crippen LogP contribution in [-0.4, -0.2) is 43.7 Å². The summed E-state index contributed by atoms with van der Waals surface area (Å²) in [5.74, 6) is 6.13. The molecule has 3 N–H and O–H groups in total. The Balaban J connectivity index is 4.27. The lowest BCUT2D eigenvalue weighted by Crippen LogP contribution is -2.48. The van der Waals surface area contributed by atoms with Crippen molar-refractivity contribution in [3.63, 3.8) is 0 Å². The first kappa shape index (κ1) is 13.2. The van der Waals surface area contributed by atoms with E-state index in [0.717, 1.165) is 12.5 Å². The minimum atomic E-state index is 0.386. The first-order valence-electron chi connectivity index (χ1n) is 4.94. The highest BCUT2D eigenvalue weighted by atomic mass is 16.5. The van der Waals surface area contributed by atoms with Crippen molar-refractivity contribution in [2.45, 2.75) is 26.8 Å². The second-order valence-corrected chi connectivity index (χ2v) is 3.22. The van der Waals surface area contributed by atoms with Crippen molar-refractivity contribution >= 4 is 5.96 Å². The van der Waals surface area contributed by atoms with Crippen LogP contribution in [0.15, 0.2) is 4.99 Å². The molecule has 14 heavy (non-hydrogen) atoms. The topological polar surface area (TPSA) is 62.9 Å². The molecule has 84 valence electrons. The second-order valence-electron chi connectivity index (χ2n) is 3.22. The lowest BCUT2D eigenvalue weighted by Gasteiger charge is -2.27. The molecule has 0 spiro atoms.